The van der Waals surface area contributed by atoms with Crippen LogP contribution in [0.25, 0.3) is 0 Å². The third-order valence-electron chi connectivity index (χ3n) is 1.54. The van der Waals surface area contributed by atoms with Gasteiger partial charge in [-0.1, -0.05) is 11.8 Å². The molecule has 1 atom stereocenters. The Kier molecular flexibility index (Phi) is 4.16. The summed E-state index contributed by atoms with van der Waals surface area (Å²) >= 11 is 0. The lowest BCUT2D eigenvalue weighted by molar-refractivity contribution is -0.137. The molecule has 1 unspecified atom stereocenters. The average Bonchev–Trinajstić information content (AvgIpc) is 2.70. The minimum Gasteiger partial charge on any atom is -0.479 e. The first kappa shape index (κ1) is 11.9. The van der Waals surface area contributed by atoms with Crippen molar-refractivity contribution in [1.29, 1.82) is 0 Å². The van der Waals surface area contributed by atoms with Gasteiger partial charge < -0.3 is 21.0 Å². The van der Waals surface area contributed by atoms with Gasteiger partial charge >= 0.3 is 5.97 Å². The fourth-order valence-electron chi connectivity index (χ4n) is 0.821. The Labute approximate surface area is 92.4 Å². The van der Waals surface area contributed by atoms with E-state index in [1.54, 1.807) is 12.1 Å². The van der Waals surface area contributed by atoms with E-state index >= 15 is 0 Å². The van der Waals surface area contributed by atoms with Gasteiger partial charge in [-0.15, -0.1) is 0 Å². The number of carboxylic acids is 1. The summed E-state index contributed by atoms with van der Waals surface area (Å²) in [4.78, 5) is 10.4. The molecule has 0 saturated heterocycles. The molecular weight excluding hydrogens is 208 g/mol. The molecule has 0 aliphatic rings. The first-order valence-corrected chi connectivity index (χ1v) is 4.42. The number of hydrogen-bond acceptors (Lipinski definition) is 4. The Bertz CT molecular complexity index is 497. The van der Waals surface area contributed by atoms with Crippen molar-refractivity contribution in [3.05, 3.63) is 23.7 Å². The van der Waals surface area contributed by atoms with Crippen LogP contribution in [-0.2, 0) is 4.79 Å². The highest BCUT2D eigenvalue weighted by Gasteiger charge is 2.06. The van der Waals surface area contributed by atoms with Crippen LogP contribution in [-0.4, -0.2) is 23.7 Å². The molecule has 0 aromatic carbocycles. The summed E-state index contributed by atoms with van der Waals surface area (Å²) in [7, 11) is 0. The number of carbonyl (C=O) groups is 1. The van der Waals surface area contributed by atoms with Gasteiger partial charge in [-0.3, -0.25) is 0 Å². The SMILES string of the molecule is NCC#Cc1ccc(C#CC(N)C(=O)O)o1. The van der Waals surface area contributed by atoms with Crippen LogP contribution in [0.4, 0.5) is 0 Å². The zero-order valence-corrected chi connectivity index (χ0v) is 8.36. The number of hydrogen-bond donors (Lipinski definition) is 3. The van der Waals surface area contributed by atoms with Crippen LogP contribution in [0, 0.1) is 23.7 Å². The van der Waals surface area contributed by atoms with Gasteiger partial charge in [-0.25, -0.2) is 4.79 Å². The summed E-state index contributed by atoms with van der Waals surface area (Å²) in [5, 5.41) is 8.49. The van der Waals surface area contributed by atoms with Gasteiger partial charge in [-0.2, -0.15) is 0 Å². The zero-order valence-electron chi connectivity index (χ0n) is 8.36. The molecule has 5 heteroatoms. The molecule has 1 rings (SSSR count). The van der Waals surface area contributed by atoms with Crippen molar-refractivity contribution in [3.8, 4) is 23.7 Å². The van der Waals surface area contributed by atoms with Crippen molar-refractivity contribution in [1.82, 2.24) is 0 Å². The van der Waals surface area contributed by atoms with Crippen LogP contribution in [0.3, 0.4) is 0 Å². The minimum atomic E-state index is -1.22. The van der Waals surface area contributed by atoms with Crippen LogP contribution in [0.5, 0.6) is 0 Å². The number of rotatable bonds is 1. The largest absolute Gasteiger partial charge is 0.479 e. The van der Waals surface area contributed by atoms with Gasteiger partial charge in [-0.05, 0) is 24.0 Å². The highest BCUT2D eigenvalue weighted by atomic mass is 16.4. The molecule has 5 nitrogen and oxygen atoms in total. The van der Waals surface area contributed by atoms with Gasteiger partial charge in [0.05, 0.1) is 6.54 Å². The van der Waals surface area contributed by atoms with Gasteiger partial charge in [0.25, 0.3) is 0 Å². The fourth-order valence-corrected chi connectivity index (χ4v) is 0.821. The maximum absolute atomic E-state index is 10.4. The second-order valence-corrected chi connectivity index (χ2v) is 2.76. The van der Waals surface area contributed by atoms with E-state index in [9.17, 15) is 4.79 Å². The Morgan fingerprint density at radius 3 is 2.62 bits per heavy atom. The van der Waals surface area contributed by atoms with Crippen molar-refractivity contribution < 1.29 is 14.3 Å². The van der Waals surface area contributed by atoms with E-state index in [1.807, 2.05) is 0 Å². The topological polar surface area (TPSA) is 102 Å². The lowest BCUT2D eigenvalue weighted by atomic mass is 10.3. The molecule has 82 valence electrons. The predicted molar refractivity (Wildman–Crippen MR) is 57.1 cm³/mol. The summed E-state index contributed by atoms with van der Waals surface area (Å²) in [6.45, 7) is 0.242. The lowest BCUT2D eigenvalue weighted by Gasteiger charge is -1.92. The van der Waals surface area contributed by atoms with Gasteiger partial charge in [0.2, 0.25) is 0 Å². The van der Waals surface area contributed by atoms with Crippen LogP contribution in [0.1, 0.15) is 11.5 Å². The molecule has 0 aliphatic carbocycles. The Balaban J connectivity index is 2.75. The molecular formula is C11H10N2O3. The molecule has 0 spiro atoms. The molecule has 16 heavy (non-hydrogen) atoms. The van der Waals surface area contributed by atoms with Crippen LogP contribution in [0.2, 0.25) is 0 Å². The number of aliphatic carboxylic acids is 1. The second kappa shape index (κ2) is 5.62. The summed E-state index contributed by atoms with van der Waals surface area (Å²) in [5.41, 5.74) is 10.4. The van der Waals surface area contributed by atoms with Gasteiger partial charge in [0, 0.05) is 0 Å². The maximum Gasteiger partial charge on any atom is 0.333 e. The number of furan rings is 1. The molecule has 0 saturated carbocycles. The molecule has 0 bridgehead atoms. The summed E-state index contributed by atoms with van der Waals surface area (Å²) in [5.74, 6) is 9.69. The van der Waals surface area contributed by atoms with Gasteiger partial charge in [0.15, 0.2) is 17.6 Å². The highest BCUT2D eigenvalue weighted by molar-refractivity contribution is 5.77. The van der Waals surface area contributed by atoms with Crippen molar-refractivity contribution >= 4 is 5.97 Å². The highest BCUT2D eigenvalue weighted by Crippen LogP contribution is 2.04. The van der Waals surface area contributed by atoms with Crippen LogP contribution < -0.4 is 11.5 Å². The molecule has 0 fully saturated rings. The predicted octanol–water partition coefficient (Wildman–Crippen LogP) is -0.647. The summed E-state index contributed by atoms with van der Waals surface area (Å²) in [6, 6.07) is 1.99. The number of nitrogens with two attached hydrogens (primary N) is 2. The van der Waals surface area contributed by atoms with E-state index in [2.05, 4.69) is 23.7 Å². The molecule has 1 aromatic heterocycles. The van der Waals surface area contributed by atoms with E-state index in [1.165, 1.54) is 0 Å². The number of carboxylic acid groups (broad SMARTS) is 1. The monoisotopic (exact) mass is 218 g/mol. The molecule has 0 amide bonds. The molecule has 1 aromatic rings. The quantitative estimate of drug-likeness (QED) is 0.544. The third kappa shape index (κ3) is 3.50. The standard InChI is InChI=1S/C11H10N2O3/c12-7-1-2-8-3-4-9(16-8)5-6-10(13)11(14)15/h3-4,10H,7,12-13H2,(H,14,15). The third-order valence-corrected chi connectivity index (χ3v) is 1.54. The van der Waals surface area contributed by atoms with Crippen molar-refractivity contribution in [2.24, 2.45) is 11.5 Å². The van der Waals surface area contributed by atoms with E-state index in [-0.39, 0.29) is 6.54 Å². The Hall–Kier alpha value is -2.21. The maximum atomic E-state index is 10.4. The molecule has 5 N–H and O–H groups in total. The van der Waals surface area contributed by atoms with Crippen molar-refractivity contribution in [2.45, 2.75) is 6.04 Å². The van der Waals surface area contributed by atoms with Crippen LogP contribution >= 0.6 is 0 Å². The first-order valence-electron chi connectivity index (χ1n) is 4.42. The van der Waals surface area contributed by atoms with E-state index in [0.717, 1.165) is 0 Å². The lowest BCUT2D eigenvalue weighted by Crippen LogP contribution is -2.27. The van der Waals surface area contributed by atoms with E-state index in [4.69, 9.17) is 21.0 Å². The summed E-state index contributed by atoms with van der Waals surface area (Å²) in [6.07, 6.45) is 0. The van der Waals surface area contributed by atoms with E-state index in [0.29, 0.717) is 11.5 Å². The van der Waals surface area contributed by atoms with Crippen molar-refractivity contribution in [3.63, 3.8) is 0 Å². The average molecular weight is 218 g/mol. The zero-order chi connectivity index (χ0) is 12.0. The Morgan fingerprint density at radius 1 is 1.44 bits per heavy atom. The smallest absolute Gasteiger partial charge is 0.333 e. The molecule has 0 aliphatic heterocycles. The fraction of sp³-hybridized carbons (Fsp3) is 0.182. The summed E-state index contributed by atoms with van der Waals surface area (Å²) < 4.78 is 5.16. The normalized spacial score (nSPS) is 10.6. The second-order valence-electron chi connectivity index (χ2n) is 2.76. The van der Waals surface area contributed by atoms with E-state index < -0.39 is 12.0 Å². The van der Waals surface area contributed by atoms with Crippen molar-refractivity contribution in [2.75, 3.05) is 6.54 Å². The van der Waals surface area contributed by atoms with Crippen LogP contribution in [0.15, 0.2) is 16.5 Å². The molecule has 0 radical (unpaired) electrons. The molecule has 1 heterocycles. The first-order chi connectivity index (χ1) is 7.63. The van der Waals surface area contributed by atoms with Gasteiger partial charge in [0.1, 0.15) is 0 Å². The minimum absolute atomic E-state index is 0.242. The Morgan fingerprint density at radius 2 is 2.06 bits per heavy atom.